The second kappa shape index (κ2) is 6.62. The fourth-order valence-electron chi connectivity index (χ4n) is 3.83. The van der Waals surface area contributed by atoms with Gasteiger partial charge in [0.1, 0.15) is 11.7 Å². The van der Waals surface area contributed by atoms with Gasteiger partial charge in [-0.15, -0.1) is 0 Å². The predicted molar refractivity (Wildman–Crippen MR) is 114 cm³/mol. The van der Waals surface area contributed by atoms with E-state index in [4.69, 9.17) is 0 Å². The lowest BCUT2D eigenvalue weighted by Gasteiger charge is -2.28. The van der Waals surface area contributed by atoms with E-state index in [1.165, 1.54) is 5.56 Å². The molecule has 2 aromatic heterocycles. The van der Waals surface area contributed by atoms with Crippen LogP contribution >= 0.6 is 0 Å². The Morgan fingerprint density at radius 3 is 2.43 bits per heavy atom. The number of hydrogen-bond donors (Lipinski definition) is 2. The Morgan fingerprint density at radius 2 is 1.73 bits per heavy atom. The molecule has 0 bridgehead atoms. The largest absolute Gasteiger partial charge is 0.318 e. The molecule has 8 heteroatoms. The van der Waals surface area contributed by atoms with Gasteiger partial charge in [0.05, 0.1) is 5.69 Å². The fourth-order valence-corrected chi connectivity index (χ4v) is 3.83. The van der Waals surface area contributed by atoms with Gasteiger partial charge in [0.25, 0.3) is 5.56 Å². The van der Waals surface area contributed by atoms with Gasteiger partial charge in [-0.2, -0.15) is 9.78 Å². The molecule has 8 nitrogen and oxygen atoms in total. The third-order valence-corrected chi connectivity index (χ3v) is 5.41. The van der Waals surface area contributed by atoms with Gasteiger partial charge in [-0.3, -0.25) is 4.79 Å². The van der Waals surface area contributed by atoms with Crippen LogP contribution in [0.25, 0.3) is 11.3 Å². The van der Waals surface area contributed by atoms with Crippen LogP contribution in [-0.2, 0) is 5.41 Å². The number of hydrogen-bond acceptors (Lipinski definition) is 6. The van der Waals surface area contributed by atoms with Gasteiger partial charge in [-0.1, -0.05) is 80.5 Å². The molecular formula is C22H21N7O. The first kappa shape index (κ1) is 18.2. The summed E-state index contributed by atoms with van der Waals surface area (Å²) in [6, 6.07) is 17.8. The van der Waals surface area contributed by atoms with E-state index in [0.29, 0.717) is 17.3 Å². The van der Waals surface area contributed by atoms with Crippen molar-refractivity contribution in [3.8, 4) is 11.3 Å². The third-order valence-electron chi connectivity index (χ3n) is 5.41. The molecule has 0 unspecified atom stereocenters. The quantitative estimate of drug-likeness (QED) is 0.472. The van der Waals surface area contributed by atoms with Crippen LogP contribution in [0, 0.1) is 0 Å². The number of rotatable bonds is 2. The van der Waals surface area contributed by atoms with Crippen molar-refractivity contribution in [3.05, 3.63) is 81.6 Å². The highest BCUT2D eigenvalue weighted by molar-refractivity contribution is 5.75. The number of benzene rings is 2. The molecule has 2 aromatic carbocycles. The maximum absolute atomic E-state index is 12.7. The minimum Gasteiger partial charge on any atom is -0.318 e. The van der Waals surface area contributed by atoms with Gasteiger partial charge in [0, 0.05) is 11.1 Å². The van der Waals surface area contributed by atoms with Gasteiger partial charge in [0.15, 0.2) is 0 Å². The molecule has 1 aliphatic heterocycles. The van der Waals surface area contributed by atoms with Crippen LogP contribution < -0.4 is 10.9 Å². The van der Waals surface area contributed by atoms with Crippen LogP contribution in [-0.4, -0.2) is 30.4 Å². The van der Waals surface area contributed by atoms with E-state index < -0.39 is 0 Å². The molecule has 4 aromatic rings. The van der Waals surface area contributed by atoms with Crippen LogP contribution in [0.5, 0.6) is 0 Å². The first-order valence-corrected chi connectivity index (χ1v) is 9.77. The number of fused-ring (bicyclic) bond motifs is 2. The van der Waals surface area contributed by atoms with Crippen molar-refractivity contribution in [2.45, 2.75) is 32.2 Å². The van der Waals surface area contributed by atoms with Crippen LogP contribution in [0.15, 0.2) is 59.4 Å². The standard InChI is InChI=1S/C22H21N7O/c1-22(2,3)15-11-9-14(10-12-15)19-16-17(13-7-5-4-6-8-13)24-25-20(30)18(16)23-21-26-27-28-29(19)21/h4-12,19H,1-3H3,(H,25,30)(H,23,26,28)/t19-/m0/s1. The summed E-state index contributed by atoms with van der Waals surface area (Å²) in [6.45, 7) is 6.54. The molecule has 0 spiro atoms. The molecule has 0 amide bonds. The topological polar surface area (TPSA) is 101 Å². The zero-order valence-corrected chi connectivity index (χ0v) is 16.9. The van der Waals surface area contributed by atoms with E-state index in [2.05, 4.69) is 76.1 Å². The van der Waals surface area contributed by atoms with Gasteiger partial charge in [-0.25, -0.2) is 5.10 Å². The summed E-state index contributed by atoms with van der Waals surface area (Å²) >= 11 is 0. The summed E-state index contributed by atoms with van der Waals surface area (Å²) in [5.74, 6) is 0.420. The van der Waals surface area contributed by atoms with E-state index in [-0.39, 0.29) is 17.0 Å². The summed E-state index contributed by atoms with van der Waals surface area (Å²) in [5, 5.41) is 22.1. The first-order chi connectivity index (χ1) is 14.4. The van der Waals surface area contributed by atoms with Crippen LogP contribution in [0.2, 0.25) is 0 Å². The highest BCUT2D eigenvalue weighted by Gasteiger charge is 2.34. The molecule has 1 atom stereocenters. The predicted octanol–water partition coefficient (Wildman–Crippen LogP) is 3.42. The third kappa shape index (κ3) is 2.88. The van der Waals surface area contributed by atoms with Gasteiger partial charge < -0.3 is 5.32 Å². The average molecular weight is 399 g/mol. The van der Waals surface area contributed by atoms with Gasteiger partial charge in [-0.05, 0) is 27.0 Å². The zero-order chi connectivity index (χ0) is 20.9. The first-order valence-electron chi connectivity index (χ1n) is 9.77. The summed E-state index contributed by atoms with van der Waals surface area (Å²) in [6.07, 6.45) is 0. The molecule has 0 saturated heterocycles. The minimum atomic E-state index is -0.384. The molecule has 3 heterocycles. The summed E-state index contributed by atoms with van der Waals surface area (Å²) < 4.78 is 1.70. The number of aromatic nitrogens is 6. The molecule has 30 heavy (non-hydrogen) atoms. The number of aromatic amines is 1. The number of tetrazole rings is 1. The van der Waals surface area contributed by atoms with Crippen LogP contribution in [0.4, 0.5) is 11.6 Å². The second-order valence-electron chi connectivity index (χ2n) is 8.40. The van der Waals surface area contributed by atoms with Crippen molar-refractivity contribution in [1.82, 2.24) is 30.4 Å². The molecule has 2 N–H and O–H groups in total. The Bertz CT molecular complexity index is 1270. The second-order valence-corrected chi connectivity index (χ2v) is 8.40. The summed E-state index contributed by atoms with van der Waals surface area (Å²) in [5.41, 5.74) is 4.68. The number of nitrogens with one attached hydrogen (secondary N) is 2. The number of anilines is 2. The Kier molecular flexibility index (Phi) is 4.02. The highest BCUT2D eigenvalue weighted by atomic mass is 16.1. The smallest absolute Gasteiger partial charge is 0.288 e. The maximum atomic E-state index is 12.7. The van der Waals surface area contributed by atoms with Crippen molar-refractivity contribution in [3.63, 3.8) is 0 Å². The van der Waals surface area contributed by atoms with Gasteiger partial charge >= 0.3 is 0 Å². The van der Waals surface area contributed by atoms with E-state index >= 15 is 0 Å². The van der Waals surface area contributed by atoms with Gasteiger partial charge in [0.2, 0.25) is 5.95 Å². The molecule has 150 valence electrons. The lowest BCUT2D eigenvalue weighted by atomic mass is 9.85. The van der Waals surface area contributed by atoms with Crippen LogP contribution in [0.3, 0.4) is 0 Å². The molecule has 1 aliphatic rings. The fraction of sp³-hybridized carbons (Fsp3) is 0.227. The molecule has 0 radical (unpaired) electrons. The van der Waals surface area contributed by atoms with Crippen molar-refractivity contribution in [1.29, 1.82) is 0 Å². The van der Waals surface area contributed by atoms with Crippen molar-refractivity contribution in [2.75, 3.05) is 5.32 Å². The van der Waals surface area contributed by atoms with Crippen molar-refractivity contribution >= 4 is 11.6 Å². The average Bonchev–Trinajstić information content (AvgIpc) is 3.21. The number of nitrogens with zero attached hydrogens (tertiary/aromatic N) is 5. The Balaban J connectivity index is 1.76. The maximum Gasteiger partial charge on any atom is 0.288 e. The lowest BCUT2D eigenvalue weighted by Crippen LogP contribution is -2.29. The molecule has 0 saturated carbocycles. The Labute approximate surface area is 173 Å². The lowest BCUT2D eigenvalue weighted by molar-refractivity contribution is 0.564. The SMILES string of the molecule is CC(C)(C)c1ccc([C@H]2c3c(-c4ccccc4)n[nH]c(=O)c3Nc3nnnn32)cc1. The van der Waals surface area contributed by atoms with E-state index in [1.54, 1.807) is 4.68 Å². The van der Waals surface area contributed by atoms with Crippen LogP contribution in [0.1, 0.15) is 43.5 Å². The Morgan fingerprint density at radius 1 is 1.00 bits per heavy atom. The molecule has 0 aliphatic carbocycles. The van der Waals surface area contributed by atoms with E-state index in [0.717, 1.165) is 16.7 Å². The van der Waals surface area contributed by atoms with E-state index in [1.807, 2.05) is 30.3 Å². The number of H-pyrrole nitrogens is 1. The van der Waals surface area contributed by atoms with Crippen molar-refractivity contribution < 1.29 is 0 Å². The Hall–Kier alpha value is -3.81. The monoisotopic (exact) mass is 399 g/mol. The van der Waals surface area contributed by atoms with Crippen molar-refractivity contribution in [2.24, 2.45) is 0 Å². The molecule has 5 rings (SSSR count). The highest BCUT2D eigenvalue weighted by Crippen LogP contribution is 2.41. The normalized spacial score (nSPS) is 15.2. The summed E-state index contributed by atoms with van der Waals surface area (Å²) in [4.78, 5) is 12.7. The molecular weight excluding hydrogens is 378 g/mol. The zero-order valence-electron chi connectivity index (χ0n) is 16.9. The minimum absolute atomic E-state index is 0.0401. The molecule has 0 fully saturated rings. The van der Waals surface area contributed by atoms with E-state index in [9.17, 15) is 4.79 Å². The summed E-state index contributed by atoms with van der Waals surface area (Å²) in [7, 11) is 0.